The van der Waals surface area contributed by atoms with Gasteiger partial charge in [-0.25, -0.2) is 0 Å². The van der Waals surface area contributed by atoms with E-state index in [1.165, 1.54) is 0 Å². The van der Waals surface area contributed by atoms with Gasteiger partial charge in [0.05, 0.1) is 33.4 Å². The largest absolute Gasteiger partial charge is 0.496 e. The van der Waals surface area contributed by atoms with Crippen LogP contribution in [0.2, 0.25) is 0 Å². The number of rotatable bonds is 5. The maximum Gasteiger partial charge on any atom is 0.191 e. The first-order chi connectivity index (χ1) is 10.3. The average Bonchev–Trinajstić information content (AvgIpc) is 2.80. The summed E-state index contributed by atoms with van der Waals surface area (Å²) in [4.78, 5) is 4.47. The minimum absolute atomic E-state index is 0. The standard InChI is InChI=1S/C15H23N3O3.BrH/c1-19-11-8-13(20-2)12(14(9-11)21-3)10-18-15-16-6-4-5-7-17-15;/h8-9H,4-7,10H2,1-3H3,(H2,16,17,18);1H. The van der Waals surface area contributed by atoms with Gasteiger partial charge in [-0.3, -0.25) is 4.99 Å². The normalized spacial score (nSPS) is 13.9. The number of aliphatic imine (C=N–C) groups is 1. The minimum Gasteiger partial charge on any atom is -0.496 e. The van der Waals surface area contributed by atoms with Crippen molar-refractivity contribution in [3.63, 3.8) is 0 Å². The first kappa shape index (κ1) is 18.4. The molecule has 0 spiro atoms. The molecule has 6 nitrogen and oxygen atoms in total. The molecule has 0 bridgehead atoms. The van der Waals surface area contributed by atoms with Gasteiger partial charge < -0.3 is 24.8 Å². The van der Waals surface area contributed by atoms with E-state index >= 15 is 0 Å². The summed E-state index contributed by atoms with van der Waals surface area (Å²) in [7, 11) is 4.90. The summed E-state index contributed by atoms with van der Waals surface area (Å²) in [5, 5.41) is 6.58. The lowest BCUT2D eigenvalue weighted by Gasteiger charge is -2.16. The van der Waals surface area contributed by atoms with Crippen molar-refractivity contribution in [3.05, 3.63) is 17.7 Å². The van der Waals surface area contributed by atoms with Gasteiger partial charge in [0.2, 0.25) is 0 Å². The smallest absolute Gasteiger partial charge is 0.191 e. The van der Waals surface area contributed by atoms with Crippen LogP contribution in [0.15, 0.2) is 17.1 Å². The molecule has 0 saturated heterocycles. The summed E-state index contributed by atoms with van der Waals surface area (Å²) in [6.07, 6.45) is 2.26. The Morgan fingerprint density at radius 3 is 2.36 bits per heavy atom. The topological polar surface area (TPSA) is 64.1 Å². The molecule has 0 saturated carbocycles. The van der Waals surface area contributed by atoms with Gasteiger partial charge in [-0.1, -0.05) is 0 Å². The van der Waals surface area contributed by atoms with E-state index < -0.39 is 0 Å². The third kappa shape index (κ3) is 4.69. The first-order valence-corrected chi connectivity index (χ1v) is 7.09. The Balaban J connectivity index is 0.00000242. The van der Waals surface area contributed by atoms with Crippen molar-refractivity contribution in [1.82, 2.24) is 10.6 Å². The number of nitrogens with one attached hydrogen (secondary N) is 2. The van der Waals surface area contributed by atoms with Crippen LogP contribution in [0.5, 0.6) is 17.2 Å². The molecule has 0 radical (unpaired) electrons. The molecule has 0 fully saturated rings. The zero-order valence-electron chi connectivity index (χ0n) is 13.3. The second-order valence-corrected chi connectivity index (χ2v) is 4.73. The predicted molar refractivity (Wildman–Crippen MR) is 92.8 cm³/mol. The fourth-order valence-corrected chi connectivity index (χ4v) is 2.23. The molecule has 2 N–H and O–H groups in total. The summed E-state index contributed by atoms with van der Waals surface area (Å²) >= 11 is 0. The summed E-state index contributed by atoms with van der Waals surface area (Å²) < 4.78 is 16.1. The molecule has 0 amide bonds. The molecule has 0 aromatic heterocycles. The Morgan fingerprint density at radius 1 is 1.09 bits per heavy atom. The van der Waals surface area contributed by atoms with E-state index in [9.17, 15) is 0 Å². The number of guanidine groups is 1. The van der Waals surface area contributed by atoms with Crippen molar-refractivity contribution in [2.24, 2.45) is 4.99 Å². The number of ether oxygens (including phenoxy) is 3. The highest BCUT2D eigenvalue weighted by Crippen LogP contribution is 2.33. The first-order valence-electron chi connectivity index (χ1n) is 7.09. The highest BCUT2D eigenvalue weighted by atomic mass is 79.9. The minimum atomic E-state index is 0. The molecule has 2 rings (SSSR count). The quantitative estimate of drug-likeness (QED) is 0.827. The lowest BCUT2D eigenvalue weighted by molar-refractivity contribution is 0.368. The van der Waals surface area contributed by atoms with E-state index in [0.29, 0.717) is 12.3 Å². The molecule has 1 aliphatic rings. The Hall–Kier alpha value is -1.63. The van der Waals surface area contributed by atoms with Crippen LogP contribution < -0.4 is 24.8 Å². The Labute approximate surface area is 142 Å². The van der Waals surface area contributed by atoms with E-state index in [2.05, 4.69) is 15.6 Å². The van der Waals surface area contributed by atoms with Crippen LogP contribution in [0.1, 0.15) is 18.4 Å². The van der Waals surface area contributed by atoms with E-state index in [1.54, 1.807) is 21.3 Å². The van der Waals surface area contributed by atoms with Crippen LogP contribution in [0, 0.1) is 0 Å². The fourth-order valence-electron chi connectivity index (χ4n) is 2.23. The van der Waals surface area contributed by atoms with Crippen molar-refractivity contribution >= 4 is 22.9 Å². The molecule has 1 aromatic carbocycles. The molecule has 1 aliphatic heterocycles. The number of halogens is 1. The molecule has 0 unspecified atom stereocenters. The van der Waals surface area contributed by atoms with Gasteiger partial charge in [0, 0.05) is 25.2 Å². The Kier molecular flexibility index (Phi) is 7.87. The molecule has 22 heavy (non-hydrogen) atoms. The van der Waals surface area contributed by atoms with E-state index in [1.807, 2.05) is 12.1 Å². The van der Waals surface area contributed by atoms with E-state index in [0.717, 1.165) is 49.0 Å². The zero-order chi connectivity index (χ0) is 15.1. The van der Waals surface area contributed by atoms with Gasteiger partial charge in [-0.15, -0.1) is 17.0 Å². The fraction of sp³-hybridized carbons (Fsp3) is 0.533. The number of methoxy groups -OCH3 is 3. The molecular formula is C15H24BrN3O3. The summed E-state index contributed by atoms with van der Waals surface area (Å²) in [6, 6.07) is 3.70. The van der Waals surface area contributed by atoms with Crippen LogP contribution in [0.25, 0.3) is 0 Å². The van der Waals surface area contributed by atoms with Gasteiger partial charge in [0.15, 0.2) is 5.96 Å². The van der Waals surface area contributed by atoms with Crippen LogP contribution in [0.3, 0.4) is 0 Å². The zero-order valence-corrected chi connectivity index (χ0v) is 15.0. The van der Waals surface area contributed by atoms with E-state index in [4.69, 9.17) is 14.2 Å². The van der Waals surface area contributed by atoms with Crippen molar-refractivity contribution < 1.29 is 14.2 Å². The third-order valence-corrected chi connectivity index (χ3v) is 3.40. The molecule has 7 heteroatoms. The highest BCUT2D eigenvalue weighted by Gasteiger charge is 2.14. The molecule has 1 aromatic rings. The molecule has 1 heterocycles. The van der Waals surface area contributed by atoms with Crippen molar-refractivity contribution in [1.29, 1.82) is 0 Å². The van der Waals surface area contributed by atoms with Crippen molar-refractivity contribution in [2.75, 3.05) is 34.4 Å². The number of benzene rings is 1. The maximum absolute atomic E-state index is 5.43. The van der Waals surface area contributed by atoms with Gasteiger partial charge >= 0.3 is 0 Å². The van der Waals surface area contributed by atoms with Crippen molar-refractivity contribution in [3.8, 4) is 17.2 Å². The van der Waals surface area contributed by atoms with Gasteiger partial charge in [0.1, 0.15) is 17.2 Å². The molecule has 0 aliphatic carbocycles. The molecule has 124 valence electrons. The van der Waals surface area contributed by atoms with Gasteiger partial charge in [-0.05, 0) is 12.8 Å². The number of hydrogen-bond donors (Lipinski definition) is 2. The lowest BCUT2D eigenvalue weighted by Crippen LogP contribution is -2.36. The summed E-state index contributed by atoms with van der Waals surface area (Å²) in [6.45, 7) is 2.37. The lowest BCUT2D eigenvalue weighted by atomic mass is 10.1. The number of nitrogens with zero attached hydrogens (tertiary/aromatic N) is 1. The Bertz CT molecular complexity index is 484. The predicted octanol–water partition coefficient (Wildman–Crippen LogP) is 2.12. The second-order valence-electron chi connectivity index (χ2n) is 4.73. The SMILES string of the molecule is Br.COc1cc(OC)c(CNC2=NCCCCN2)c(OC)c1. The third-order valence-electron chi connectivity index (χ3n) is 3.40. The second kappa shape index (κ2) is 9.40. The summed E-state index contributed by atoms with van der Waals surface area (Å²) in [5.74, 6) is 2.99. The van der Waals surface area contributed by atoms with Gasteiger partial charge in [0.25, 0.3) is 0 Å². The highest BCUT2D eigenvalue weighted by molar-refractivity contribution is 8.93. The maximum atomic E-state index is 5.43. The number of hydrogen-bond acceptors (Lipinski definition) is 6. The molecule has 0 atom stereocenters. The van der Waals surface area contributed by atoms with Gasteiger partial charge in [-0.2, -0.15) is 0 Å². The monoisotopic (exact) mass is 373 g/mol. The van der Waals surface area contributed by atoms with Crippen molar-refractivity contribution in [2.45, 2.75) is 19.4 Å². The Morgan fingerprint density at radius 2 is 1.77 bits per heavy atom. The average molecular weight is 374 g/mol. The summed E-state index contributed by atoms with van der Waals surface area (Å²) in [5.41, 5.74) is 0.939. The van der Waals surface area contributed by atoms with E-state index in [-0.39, 0.29) is 17.0 Å². The molecular weight excluding hydrogens is 350 g/mol. The van der Waals surface area contributed by atoms with Crippen LogP contribution in [0.4, 0.5) is 0 Å². The van der Waals surface area contributed by atoms with Crippen LogP contribution in [-0.2, 0) is 6.54 Å². The van der Waals surface area contributed by atoms with Crippen LogP contribution >= 0.6 is 17.0 Å². The van der Waals surface area contributed by atoms with Crippen LogP contribution in [-0.4, -0.2) is 40.4 Å².